The van der Waals surface area contributed by atoms with Gasteiger partial charge in [0.1, 0.15) is 17.8 Å². The summed E-state index contributed by atoms with van der Waals surface area (Å²) in [5.41, 5.74) is 3.47. The molecule has 0 atom stereocenters. The monoisotopic (exact) mass is 455 g/mol. The number of halogens is 3. The number of fused-ring (bicyclic) bond motifs is 2. The third-order valence-corrected chi connectivity index (χ3v) is 4.82. The molecule has 0 aliphatic carbocycles. The molecule has 168 valence electrons. The lowest BCUT2D eigenvalue weighted by atomic mass is 10.2. The summed E-state index contributed by atoms with van der Waals surface area (Å²) in [6.07, 6.45) is 1.54. The van der Waals surface area contributed by atoms with Gasteiger partial charge in [-0.3, -0.25) is 9.67 Å². The Morgan fingerprint density at radius 2 is 1.97 bits per heavy atom. The van der Waals surface area contributed by atoms with Gasteiger partial charge in [-0.2, -0.15) is 27.9 Å². The Bertz CT molecular complexity index is 1440. The normalized spacial score (nSPS) is 11.9. The molecule has 0 unspecified atom stereocenters. The van der Waals surface area contributed by atoms with Gasteiger partial charge in [0.15, 0.2) is 11.5 Å². The van der Waals surface area contributed by atoms with E-state index in [-0.39, 0.29) is 6.54 Å². The van der Waals surface area contributed by atoms with Crippen molar-refractivity contribution in [3.63, 3.8) is 0 Å². The largest absolute Gasteiger partial charge is 0.495 e. The van der Waals surface area contributed by atoms with E-state index in [4.69, 9.17) is 4.74 Å². The number of methoxy groups -OCH3 is 1. The number of nitrogens with zero attached hydrogens (tertiary/aromatic N) is 8. The third kappa shape index (κ3) is 4.24. The van der Waals surface area contributed by atoms with Crippen molar-refractivity contribution in [3.05, 3.63) is 54.9 Å². The van der Waals surface area contributed by atoms with E-state index in [0.29, 0.717) is 39.5 Å². The Kier molecular flexibility index (Phi) is 4.99. The average Bonchev–Trinajstić information content (AvgIpc) is 3.42. The number of nitrogens with one attached hydrogen (secondary N) is 1. The number of ether oxygens (including phenoxy) is 1. The van der Waals surface area contributed by atoms with Gasteiger partial charge in [0, 0.05) is 24.0 Å². The van der Waals surface area contributed by atoms with Gasteiger partial charge < -0.3 is 10.1 Å². The molecule has 0 amide bonds. The van der Waals surface area contributed by atoms with E-state index in [1.54, 1.807) is 43.8 Å². The van der Waals surface area contributed by atoms with Crippen LogP contribution in [0.4, 0.5) is 18.9 Å². The Labute approximate surface area is 184 Å². The van der Waals surface area contributed by atoms with Gasteiger partial charge >= 0.3 is 6.18 Å². The molecule has 0 fully saturated rings. The first-order valence-electron chi connectivity index (χ1n) is 9.73. The second kappa shape index (κ2) is 8.00. The van der Waals surface area contributed by atoms with Gasteiger partial charge in [-0.15, -0.1) is 10.2 Å². The summed E-state index contributed by atoms with van der Waals surface area (Å²) < 4.78 is 45.4. The SMILES string of the molecule is COc1cnc2c(NCc3nnc4ccc(-c5cnn(CC(F)(F)F)c5)nn34)ccnc2c1. The van der Waals surface area contributed by atoms with Crippen molar-refractivity contribution in [3.8, 4) is 17.0 Å². The Morgan fingerprint density at radius 3 is 2.79 bits per heavy atom. The molecule has 5 aromatic heterocycles. The zero-order chi connectivity index (χ0) is 23.0. The minimum absolute atomic E-state index is 0.276. The molecule has 10 nitrogen and oxygen atoms in total. The highest BCUT2D eigenvalue weighted by molar-refractivity contribution is 5.87. The van der Waals surface area contributed by atoms with Gasteiger partial charge in [0.2, 0.25) is 0 Å². The van der Waals surface area contributed by atoms with Crippen LogP contribution in [0.25, 0.3) is 27.9 Å². The summed E-state index contributed by atoms with van der Waals surface area (Å²) in [6, 6.07) is 6.92. The number of aromatic nitrogens is 8. The summed E-state index contributed by atoms with van der Waals surface area (Å²) in [7, 11) is 1.56. The molecular weight excluding hydrogens is 439 g/mol. The second-order valence-electron chi connectivity index (χ2n) is 7.10. The Balaban J connectivity index is 1.40. The van der Waals surface area contributed by atoms with Crippen LogP contribution in [0.3, 0.4) is 0 Å². The van der Waals surface area contributed by atoms with Crippen LogP contribution in [0.5, 0.6) is 5.75 Å². The van der Waals surface area contributed by atoms with Gasteiger partial charge in [-0.25, -0.2) is 4.98 Å². The van der Waals surface area contributed by atoms with Crippen LogP contribution in [-0.4, -0.2) is 52.8 Å². The zero-order valence-corrected chi connectivity index (χ0v) is 17.2. The van der Waals surface area contributed by atoms with Crippen LogP contribution in [0.1, 0.15) is 5.82 Å². The van der Waals surface area contributed by atoms with Crippen molar-refractivity contribution in [1.29, 1.82) is 0 Å². The zero-order valence-electron chi connectivity index (χ0n) is 17.2. The van der Waals surface area contributed by atoms with Crippen molar-refractivity contribution in [2.45, 2.75) is 19.3 Å². The fraction of sp³-hybridized carbons (Fsp3) is 0.200. The van der Waals surface area contributed by atoms with Gasteiger partial charge in [-0.1, -0.05) is 0 Å². The molecule has 0 aliphatic heterocycles. The summed E-state index contributed by atoms with van der Waals surface area (Å²) in [4.78, 5) is 8.71. The van der Waals surface area contributed by atoms with Crippen molar-refractivity contribution >= 4 is 22.4 Å². The first-order chi connectivity index (χ1) is 15.9. The van der Waals surface area contributed by atoms with E-state index < -0.39 is 12.7 Å². The van der Waals surface area contributed by atoms with Gasteiger partial charge in [0.25, 0.3) is 0 Å². The minimum atomic E-state index is -4.36. The number of alkyl halides is 3. The lowest BCUT2D eigenvalue weighted by Gasteiger charge is -2.09. The molecule has 5 heterocycles. The van der Waals surface area contributed by atoms with Crippen LogP contribution in [-0.2, 0) is 13.1 Å². The van der Waals surface area contributed by atoms with Gasteiger partial charge in [-0.05, 0) is 18.2 Å². The number of pyridine rings is 2. The molecule has 1 N–H and O–H groups in total. The van der Waals surface area contributed by atoms with Crippen molar-refractivity contribution in [2.24, 2.45) is 0 Å². The first kappa shape index (κ1) is 20.6. The van der Waals surface area contributed by atoms with E-state index >= 15 is 0 Å². The fourth-order valence-corrected chi connectivity index (χ4v) is 3.30. The summed E-state index contributed by atoms with van der Waals surface area (Å²) in [5, 5.41) is 19.8. The molecule has 5 aromatic rings. The quantitative estimate of drug-likeness (QED) is 0.416. The molecule has 13 heteroatoms. The molecule has 33 heavy (non-hydrogen) atoms. The van der Waals surface area contributed by atoms with Crippen LogP contribution < -0.4 is 10.1 Å². The highest BCUT2D eigenvalue weighted by Crippen LogP contribution is 2.24. The molecule has 0 radical (unpaired) electrons. The maximum absolute atomic E-state index is 12.6. The van der Waals surface area contributed by atoms with E-state index in [1.165, 1.54) is 16.9 Å². The molecule has 0 saturated heterocycles. The highest BCUT2D eigenvalue weighted by atomic mass is 19.4. The molecule has 0 bridgehead atoms. The average molecular weight is 455 g/mol. The van der Waals surface area contributed by atoms with E-state index in [0.717, 1.165) is 10.4 Å². The van der Waals surface area contributed by atoms with Crippen LogP contribution in [0.2, 0.25) is 0 Å². The van der Waals surface area contributed by atoms with Gasteiger partial charge in [0.05, 0.1) is 42.9 Å². The first-order valence-corrected chi connectivity index (χ1v) is 9.73. The van der Waals surface area contributed by atoms with Crippen molar-refractivity contribution in [1.82, 2.24) is 39.6 Å². The number of hydrogen-bond donors (Lipinski definition) is 1. The molecule has 5 rings (SSSR count). The van der Waals surface area contributed by atoms with Crippen LogP contribution in [0, 0.1) is 0 Å². The predicted octanol–water partition coefficient (Wildman–Crippen LogP) is 3.11. The molecule has 0 spiro atoms. The number of anilines is 1. The third-order valence-electron chi connectivity index (χ3n) is 4.82. The maximum atomic E-state index is 12.6. The predicted molar refractivity (Wildman–Crippen MR) is 111 cm³/mol. The molecular formula is C20H16F3N9O. The summed E-state index contributed by atoms with van der Waals surface area (Å²) in [5.74, 6) is 1.11. The molecule has 0 aliphatic rings. The lowest BCUT2D eigenvalue weighted by Crippen LogP contribution is -2.17. The number of rotatable bonds is 6. The molecule has 0 saturated carbocycles. The smallest absolute Gasteiger partial charge is 0.408 e. The standard InChI is InChI=1S/C20H16F3N9O/c1-33-13-6-16-19(26-8-13)15(4-5-24-16)25-9-18-29-28-17-3-2-14(30-32(17)18)12-7-27-31(10-12)11-20(21,22)23/h2-8,10H,9,11H2,1H3,(H,24,25). The van der Waals surface area contributed by atoms with Crippen molar-refractivity contribution in [2.75, 3.05) is 12.4 Å². The minimum Gasteiger partial charge on any atom is -0.495 e. The van der Waals surface area contributed by atoms with Crippen LogP contribution in [0.15, 0.2) is 49.1 Å². The highest BCUT2D eigenvalue weighted by Gasteiger charge is 2.28. The lowest BCUT2D eigenvalue weighted by molar-refractivity contribution is -0.142. The van der Waals surface area contributed by atoms with Crippen molar-refractivity contribution < 1.29 is 17.9 Å². The summed E-state index contributed by atoms with van der Waals surface area (Å²) >= 11 is 0. The number of hydrogen-bond acceptors (Lipinski definition) is 8. The molecule has 0 aromatic carbocycles. The summed E-state index contributed by atoms with van der Waals surface area (Å²) in [6.45, 7) is -0.894. The van der Waals surface area contributed by atoms with E-state index in [9.17, 15) is 13.2 Å². The Morgan fingerprint density at radius 1 is 1.09 bits per heavy atom. The van der Waals surface area contributed by atoms with E-state index in [1.807, 2.05) is 0 Å². The topological polar surface area (TPSA) is 108 Å². The second-order valence-corrected chi connectivity index (χ2v) is 7.10. The Hall–Kier alpha value is -4.29. The van der Waals surface area contributed by atoms with Crippen LogP contribution >= 0.6 is 0 Å². The van der Waals surface area contributed by atoms with E-state index in [2.05, 4.69) is 35.7 Å². The fourth-order valence-electron chi connectivity index (χ4n) is 3.30. The maximum Gasteiger partial charge on any atom is 0.408 e.